The van der Waals surface area contributed by atoms with Gasteiger partial charge in [-0.25, -0.2) is 30.0 Å². The minimum absolute atomic E-state index is 0.0579. The third-order valence-corrected chi connectivity index (χ3v) is 12.3. The number of rotatable bonds is 13. The van der Waals surface area contributed by atoms with Crippen LogP contribution in [-0.2, 0) is 30.2 Å². The number of hydrogen-bond acceptors (Lipinski definition) is 10. The molecule has 3 heterocycles. The number of benzene rings is 4. The molecule has 0 unspecified atom stereocenters. The Labute approximate surface area is 333 Å². The number of nitrogens with one attached hydrogen (secondary N) is 1. The van der Waals surface area contributed by atoms with Gasteiger partial charge in [-0.2, -0.15) is 0 Å². The first kappa shape index (κ1) is 39.5. The molecule has 1 aliphatic rings. The summed E-state index contributed by atoms with van der Waals surface area (Å²) in [6.45, 7) is 10.2. The summed E-state index contributed by atoms with van der Waals surface area (Å²) in [6, 6.07) is 36.8. The lowest BCUT2D eigenvalue weighted by molar-refractivity contribution is -0.152. The van der Waals surface area contributed by atoms with E-state index in [2.05, 4.69) is 60.0 Å². The predicted molar refractivity (Wildman–Crippen MR) is 218 cm³/mol. The smallest absolute Gasteiger partial charge is 0.339 e. The van der Waals surface area contributed by atoms with Crippen LogP contribution in [0.3, 0.4) is 0 Å². The van der Waals surface area contributed by atoms with Gasteiger partial charge >= 0.3 is 11.9 Å². The highest BCUT2D eigenvalue weighted by molar-refractivity contribution is 6.58. The number of carboxylic acids is 1. The van der Waals surface area contributed by atoms with Crippen molar-refractivity contribution in [2.45, 2.75) is 68.4 Å². The average molecular weight is 785 g/mol. The predicted octanol–water partition coefficient (Wildman–Crippen LogP) is 7.75. The molecule has 13 heteroatoms. The Balaban J connectivity index is 1.58. The number of ether oxygens (including phenoxy) is 3. The lowest BCUT2D eigenvalue weighted by atomic mass is 9.61. The molecule has 1 aliphatic heterocycles. The first-order chi connectivity index (χ1) is 27.4. The quantitative estimate of drug-likeness (QED) is 0.0513. The van der Waals surface area contributed by atoms with Crippen molar-refractivity contribution < 1.29 is 33.7 Å². The summed E-state index contributed by atoms with van der Waals surface area (Å²) in [7, 11) is 0.0114. The van der Waals surface area contributed by atoms with E-state index in [1.54, 1.807) is 18.5 Å². The summed E-state index contributed by atoms with van der Waals surface area (Å²) in [5.74, 6) is -1.64. The van der Waals surface area contributed by atoms with Gasteiger partial charge in [0.15, 0.2) is 22.7 Å². The highest BCUT2D eigenvalue weighted by atomic mass is 28.3. The molecule has 0 spiro atoms. The van der Waals surface area contributed by atoms with E-state index in [0.717, 1.165) is 16.7 Å². The van der Waals surface area contributed by atoms with Gasteiger partial charge in [0.25, 0.3) is 0 Å². The maximum absolute atomic E-state index is 13.8. The second-order valence-electron chi connectivity index (χ2n) is 15.2. The molecule has 57 heavy (non-hydrogen) atoms. The van der Waals surface area contributed by atoms with Crippen molar-refractivity contribution in [2.24, 2.45) is 0 Å². The summed E-state index contributed by atoms with van der Waals surface area (Å²) < 4.78 is 23.1. The summed E-state index contributed by atoms with van der Waals surface area (Å²) >= 11 is 0. The highest BCUT2D eigenvalue weighted by Gasteiger charge is 2.70. The Morgan fingerprint density at radius 1 is 0.825 bits per heavy atom. The van der Waals surface area contributed by atoms with Crippen LogP contribution in [-0.4, -0.2) is 76.9 Å². The van der Waals surface area contributed by atoms with Crippen molar-refractivity contribution in [3.8, 4) is 0 Å². The van der Waals surface area contributed by atoms with Crippen LogP contribution in [0.25, 0.3) is 11.2 Å². The van der Waals surface area contributed by atoms with E-state index in [4.69, 9.17) is 29.0 Å². The fraction of sp³-hybridized carbons (Fsp3) is 0.295. The molecule has 0 amide bonds. The molecule has 4 atom stereocenters. The lowest BCUT2D eigenvalue weighted by Gasteiger charge is -2.53. The molecule has 0 aliphatic carbocycles. The van der Waals surface area contributed by atoms with E-state index in [-0.39, 0.29) is 17.7 Å². The van der Waals surface area contributed by atoms with Crippen LogP contribution in [0, 0.1) is 0 Å². The van der Waals surface area contributed by atoms with E-state index in [0.29, 0.717) is 17.0 Å². The Hall–Kier alpha value is -5.73. The van der Waals surface area contributed by atoms with Gasteiger partial charge in [0.05, 0.1) is 50.5 Å². The molecule has 0 saturated carbocycles. The SMILES string of the molecule is CONc1ncnc2c1ncn2[C@]1(C(c2ccccc2)(c2ccccc2)c2ccccc2)O[C@H](COC(=O)c2ccccc2C(=O)O)[C@@H](OC(C)(C)C)[C@H]1[Si](C)C. The number of anilines is 1. The van der Waals surface area contributed by atoms with Gasteiger partial charge in [0, 0.05) is 5.54 Å². The fourth-order valence-corrected chi connectivity index (χ4v) is 10.6. The van der Waals surface area contributed by atoms with Crippen molar-refractivity contribution in [3.63, 3.8) is 0 Å². The summed E-state index contributed by atoms with van der Waals surface area (Å²) in [5.41, 5.74) is 2.77. The largest absolute Gasteiger partial charge is 0.478 e. The molecule has 0 bridgehead atoms. The van der Waals surface area contributed by atoms with Gasteiger partial charge in [0.2, 0.25) is 0 Å². The van der Waals surface area contributed by atoms with Crippen molar-refractivity contribution >= 4 is 37.7 Å². The molecule has 1 saturated heterocycles. The maximum Gasteiger partial charge on any atom is 0.339 e. The van der Waals surface area contributed by atoms with E-state index < -0.39 is 55.2 Å². The Bertz CT molecular complexity index is 2240. The maximum atomic E-state index is 13.8. The standard InChI is InChI=1S/C44H46N5O7Si/c1-42(2,3)56-36-34(26-54-41(52)33-25-17-16-24-32(33)40(50)51)55-44(37(36)57(5)6,49-28-47-35-38(48-53-4)45-27-46-39(35)49)43(29-18-10-7-11-19-29,30-20-12-8-13-21-30)31-22-14-9-15-23-31/h7-25,27-28,34,36-37H,26H2,1-6H3,(H,50,51)(H,45,46,48)/t34-,36-,37-,44+/m1/s1. The monoisotopic (exact) mass is 784 g/mol. The molecular weight excluding hydrogens is 739 g/mol. The number of esters is 1. The van der Waals surface area contributed by atoms with E-state index in [1.807, 2.05) is 79.9 Å². The zero-order chi connectivity index (χ0) is 40.4. The van der Waals surface area contributed by atoms with Crippen LogP contribution in [0.1, 0.15) is 58.2 Å². The molecule has 12 nitrogen and oxygen atoms in total. The molecule has 6 aromatic rings. The zero-order valence-electron chi connectivity index (χ0n) is 32.7. The van der Waals surface area contributed by atoms with Gasteiger partial charge in [-0.15, -0.1) is 0 Å². The number of carbonyl (C=O) groups excluding carboxylic acids is 1. The molecule has 1 fully saturated rings. The summed E-state index contributed by atoms with van der Waals surface area (Å²) in [5, 5.41) is 9.91. The number of nitrogens with zero attached hydrogens (tertiary/aromatic N) is 4. The Morgan fingerprint density at radius 2 is 1.37 bits per heavy atom. The van der Waals surface area contributed by atoms with Crippen LogP contribution in [0.5, 0.6) is 0 Å². The third-order valence-electron chi connectivity index (χ3n) is 10.4. The van der Waals surface area contributed by atoms with Crippen molar-refractivity contribution in [3.05, 3.63) is 156 Å². The Kier molecular flexibility index (Phi) is 11.1. The number of fused-ring (bicyclic) bond motifs is 1. The lowest BCUT2D eigenvalue weighted by Crippen LogP contribution is -2.59. The minimum Gasteiger partial charge on any atom is -0.478 e. The van der Waals surface area contributed by atoms with Crippen LogP contribution in [0.2, 0.25) is 18.6 Å². The number of imidazole rings is 1. The van der Waals surface area contributed by atoms with Gasteiger partial charge in [-0.1, -0.05) is 116 Å². The van der Waals surface area contributed by atoms with Crippen LogP contribution in [0.4, 0.5) is 5.82 Å². The van der Waals surface area contributed by atoms with Crippen molar-refractivity contribution in [1.82, 2.24) is 19.5 Å². The van der Waals surface area contributed by atoms with E-state index in [1.165, 1.54) is 25.6 Å². The van der Waals surface area contributed by atoms with E-state index >= 15 is 0 Å². The van der Waals surface area contributed by atoms with Crippen LogP contribution < -0.4 is 5.48 Å². The number of hydrogen-bond donors (Lipinski definition) is 2. The summed E-state index contributed by atoms with van der Waals surface area (Å²) in [4.78, 5) is 45.5. The zero-order valence-corrected chi connectivity index (χ0v) is 33.7. The molecular formula is C44H46N5O7Si. The van der Waals surface area contributed by atoms with Crippen LogP contribution >= 0.6 is 0 Å². The minimum atomic E-state index is -1.49. The van der Waals surface area contributed by atoms with Crippen LogP contribution in [0.15, 0.2) is 128 Å². The average Bonchev–Trinajstić information content (AvgIpc) is 3.78. The third kappa shape index (κ3) is 7.01. The van der Waals surface area contributed by atoms with Gasteiger partial charge in [-0.05, 0) is 49.6 Å². The second-order valence-corrected chi connectivity index (χ2v) is 18.0. The molecule has 293 valence electrons. The second kappa shape index (κ2) is 16.0. The Morgan fingerprint density at radius 3 is 1.88 bits per heavy atom. The van der Waals surface area contributed by atoms with Crippen molar-refractivity contribution in [1.29, 1.82) is 0 Å². The first-order valence-corrected chi connectivity index (χ1v) is 21.3. The number of aromatic carboxylic acids is 1. The van der Waals surface area contributed by atoms with Gasteiger partial charge in [-0.3, -0.25) is 9.40 Å². The number of carbonyl (C=O) groups is 2. The molecule has 2 N–H and O–H groups in total. The first-order valence-electron chi connectivity index (χ1n) is 18.7. The molecule has 7 rings (SSSR count). The molecule has 2 aromatic heterocycles. The van der Waals surface area contributed by atoms with Gasteiger partial charge < -0.3 is 19.3 Å². The molecule has 1 radical (unpaired) electrons. The fourth-order valence-electron chi connectivity index (χ4n) is 8.44. The normalized spacial score (nSPS) is 19.8. The van der Waals surface area contributed by atoms with Gasteiger partial charge in [0.1, 0.15) is 19.0 Å². The number of carboxylic acid groups (broad SMARTS) is 1. The molecule has 4 aromatic carbocycles. The number of aromatic nitrogens is 4. The topological polar surface area (TPSA) is 147 Å². The summed E-state index contributed by atoms with van der Waals surface area (Å²) in [6.07, 6.45) is 1.69. The highest BCUT2D eigenvalue weighted by Crippen LogP contribution is 2.63. The van der Waals surface area contributed by atoms with E-state index in [9.17, 15) is 14.7 Å². The van der Waals surface area contributed by atoms with Crippen molar-refractivity contribution in [2.75, 3.05) is 19.2 Å².